The first kappa shape index (κ1) is 16.4. The highest BCUT2D eigenvalue weighted by Gasteiger charge is 2.27. The van der Waals surface area contributed by atoms with E-state index in [0.29, 0.717) is 5.75 Å². The quantitative estimate of drug-likeness (QED) is 0.577. The van der Waals surface area contributed by atoms with Gasteiger partial charge in [-0.15, -0.1) is 0 Å². The maximum absolute atomic E-state index is 12.3. The molecule has 0 N–H and O–H groups in total. The van der Waals surface area contributed by atoms with Crippen LogP contribution in [0.15, 0.2) is 24.3 Å². The number of hydrogen-bond acceptors (Lipinski definition) is 3. The van der Waals surface area contributed by atoms with Gasteiger partial charge in [0.2, 0.25) is 0 Å². The molecule has 0 amide bonds. The molecule has 3 nitrogen and oxygen atoms in total. The van der Waals surface area contributed by atoms with E-state index in [9.17, 15) is 4.79 Å². The number of anilines is 1. The van der Waals surface area contributed by atoms with E-state index in [4.69, 9.17) is 4.74 Å². The molecule has 3 rings (SSSR count). The maximum atomic E-state index is 12.3. The van der Waals surface area contributed by atoms with E-state index in [1.807, 2.05) is 12.1 Å². The fraction of sp³-hybridized carbons (Fsp3) is 0.650. The van der Waals surface area contributed by atoms with Crippen LogP contribution in [0.25, 0.3) is 0 Å². The molecule has 2 fully saturated rings. The summed E-state index contributed by atoms with van der Waals surface area (Å²) in [7, 11) is 0. The Balaban J connectivity index is 1.50. The molecule has 1 aliphatic carbocycles. The van der Waals surface area contributed by atoms with Gasteiger partial charge >= 0.3 is 5.97 Å². The van der Waals surface area contributed by atoms with Crippen LogP contribution in [0.3, 0.4) is 0 Å². The molecule has 1 saturated heterocycles. The van der Waals surface area contributed by atoms with Crippen LogP contribution in [0.5, 0.6) is 5.75 Å². The third-order valence-corrected chi connectivity index (χ3v) is 5.40. The zero-order valence-corrected chi connectivity index (χ0v) is 14.3. The summed E-state index contributed by atoms with van der Waals surface area (Å²) in [5, 5.41) is 0. The Labute approximate surface area is 140 Å². The van der Waals surface area contributed by atoms with Crippen molar-refractivity contribution in [3.63, 3.8) is 0 Å². The number of rotatable bonds is 5. The molecular weight excluding hydrogens is 286 g/mol. The Morgan fingerprint density at radius 2 is 1.74 bits per heavy atom. The predicted octanol–water partition coefficient (Wildman–Crippen LogP) is 4.80. The van der Waals surface area contributed by atoms with Crippen molar-refractivity contribution >= 4 is 11.7 Å². The third-order valence-electron chi connectivity index (χ3n) is 5.40. The van der Waals surface area contributed by atoms with Gasteiger partial charge in [0, 0.05) is 18.8 Å². The molecule has 1 aromatic rings. The lowest BCUT2D eigenvalue weighted by molar-refractivity contribution is -0.140. The summed E-state index contributed by atoms with van der Waals surface area (Å²) in [6.07, 6.45) is 9.46. The van der Waals surface area contributed by atoms with Crippen molar-refractivity contribution in [2.24, 2.45) is 11.8 Å². The lowest BCUT2D eigenvalue weighted by atomic mass is 9.80. The average molecular weight is 315 g/mol. The molecule has 1 heterocycles. The predicted molar refractivity (Wildman–Crippen MR) is 93.9 cm³/mol. The summed E-state index contributed by atoms with van der Waals surface area (Å²) >= 11 is 0. The first-order chi connectivity index (χ1) is 11.3. The Kier molecular flexibility index (Phi) is 5.58. The van der Waals surface area contributed by atoms with Crippen molar-refractivity contribution in [2.75, 3.05) is 18.0 Å². The van der Waals surface area contributed by atoms with Crippen LogP contribution < -0.4 is 9.64 Å². The normalized spacial score (nSPS) is 24.7. The summed E-state index contributed by atoms with van der Waals surface area (Å²) in [6, 6.07) is 8.03. The minimum Gasteiger partial charge on any atom is -0.426 e. The number of carbonyl (C=O) groups is 1. The lowest BCUT2D eigenvalue weighted by Gasteiger charge is -2.26. The largest absolute Gasteiger partial charge is 0.426 e. The van der Waals surface area contributed by atoms with Crippen molar-refractivity contribution in [1.82, 2.24) is 0 Å². The maximum Gasteiger partial charge on any atom is 0.314 e. The zero-order chi connectivity index (χ0) is 16.1. The molecule has 23 heavy (non-hydrogen) atoms. The van der Waals surface area contributed by atoms with E-state index in [0.717, 1.165) is 31.8 Å². The number of benzene rings is 1. The van der Waals surface area contributed by atoms with Crippen LogP contribution in [-0.4, -0.2) is 19.1 Å². The summed E-state index contributed by atoms with van der Waals surface area (Å²) in [5.41, 5.74) is 1.24. The van der Waals surface area contributed by atoms with Crippen LogP contribution in [-0.2, 0) is 4.79 Å². The number of ether oxygens (including phenoxy) is 1. The highest BCUT2D eigenvalue weighted by Crippen LogP contribution is 2.32. The van der Waals surface area contributed by atoms with Gasteiger partial charge in [-0.25, -0.2) is 0 Å². The molecule has 1 aliphatic heterocycles. The Morgan fingerprint density at radius 1 is 1.09 bits per heavy atom. The Bertz CT molecular complexity index is 497. The molecule has 0 unspecified atom stereocenters. The lowest BCUT2D eigenvalue weighted by Crippen LogP contribution is -2.25. The number of esters is 1. The second-order valence-electron chi connectivity index (χ2n) is 7.12. The molecule has 0 bridgehead atoms. The zero-order valence-electron chi connectivity index (χ0n) is 14.3. The summed E-state index contributed by atoms with van der Waals surface area (Å²) in [4.78, 5) is 14.7. The molecule has 126 valence electrons. The van der Waals surface area contributed by atoms with E-state index in [1.54, 1.807) is 0 Å². The molecule has 0 aromatic heterocycles. The fourth-order valence-corrected chi connectivity index (χ4v) is 3.99. The standard InChI is InChI=1S/C20H29NO2/c1-2-5-16-6-8-17(9-7-16)20(22)23-19-12-10-18(11-13-19)21-14-3-4-15-21/h10-13,16-17H,2-9,14-15H2,1H3. The minimum atomic E-state index is -0.0335. The topological polar surface area (TPSA) is 29.5 Å². The molecule has 2 aliphatic rings. The van der Waals surface area contributed by atoms with Gasteiger partial charge in [0.1, 0.15) is 5.75 Å². The van der Waals surface area contributed by atoms with Crippen molar-refractivity contribution in [3.05, 3.63) is 24.3 Å². The Hall–Kier alpha value is -1.51. The van der Waals surface area contributed by atoms with Gasteiger partial charge in [-0.05, 0) is 68.7 Å². The molecular formula is C20H29NO2. The van der Waals surface area contributed by atoms with E-state index >= 15 is 0 Å². The first-order valence-electron chi connectivity index (χ1n) is 9.33. The van der Waals surface area contributed by atoms with Gasteiger partial charge in [-0.2, -0.15) is 0 Å². The molecule has 1 saturated carbocycles. The summed E-state index contributed by atoms with van der Waals surface area (Å²) < 4.78 is 5.61. The average Bonchev–Trinajstić information content (AvgIpc) is 3.11. The highest BCUT2D eigenvalue weighted by atomic mass is 16.5. The highest BCUT2D eigenvalue weighted by molar-refractivity contribution is 5.75. The van der Waals surface area contributed by atoms with Crippen molar-refractivity contribution in [2.45, 2.75) is 58.3 Å². The second kappa shape index (κ2) is 7.85. The third kappa shape index (κ3) is 4.27. The molecule has 3 heteroatoms. The molecule has 0 atom stereocenters. The molecule has 0 spiro atoms. The Morgan fingerprint density at radius 3 is 2.35 bits per heavy atom. The van der Waals surface area contributed by atoms with E-state index in [1.165, 1.54) is 44.2 Å². The van der Waals surface area contributed by atoms with Gasteiger partial charge in [-0.1, -0.05) is 19.8 Å². The van der Waals surface area contributed by atoms with Gasteiger partial charge in [0.25, 0.3) is 0 Å². The smallest absolute Gasteiger partial charge is 0.314 e. The van der Waals surface area contributed by atoms with Gasteiger partial charge in [0.05, 0.1) is 5.92 Å². The molecule has 0 radical (unpaired) electrons. The number of hydrogen-bond donors (Lipinski definition) is 0. The van der Waals surface area contributed by atoms with Crippen molar-refractivity contribution in [3.8, 4) is 5.75 Å². The second-order valence-corrected chi connectivity index (χ2v) is 7.12. The van der Waals surface area contributed by atoms with Crippen LogP contribution in [0, 0.1) is 11.8 Å². The van der Waals surface area contributed by atoms with Crippen molar-refractivity contribution < 1.29 is 9.53 Å². The van der Waals surface area contributed by atoms with Crippen LogP contribution >= 0.6 is 0 Å². The van der Waals surface area contributed by atoms with E-state index in [2.05, 4.69) is 24.0 Å². The van der Waals surface area contributed by atoms with E-state index < -0.39 is 0 Å². The van der Waals surface area contributed by atoms with Crippen LogP contribution in [0.4, 0.5) is 5.69 Å². The minimum absolute atomic E-state index is 0.0335. The monoisotopic (exact) mass is 315 g/mol. The summed E-state index contributed by atoms with van der Waals surface area (Å²) in [5.74, 6) is 1.58. The van der Waals surface area contributed by atoms with Crippen LogP contribution in [0.1, 0.15) is 58.3 Å². The SMILES string of the molecule is CCCC1CCC(C(=O)Oc2ccc(N3CCCC3)cc2)CC1. The first-order valence-corrected chi connectivity index (χ1v) is 9.33. The molecule has 1 aromatic carbocycles. The van der Waals surface area contributed by atoms with Crippen LogP contribution in [0.2, 0.25) is 0 Å². The fourth-order valence-electron chi connectivity index (χ4n) is 3.99. The van der Waals surface area contributed by atoms with Crippen molar-refractivity contribution in [1.29, 1.82) is 0 Å². The van der Waals surface area contributed by atoms with E-state index in [-0.39, 0.29) is 11.9 Å². The number of nitrogens with zero attached hydrogens (tertiary/aromatic N) is 1. The van der Waals surface area contributed by atoms with Gasteiger partial charge in [0.15, 0.2) is 0 Å². The van der Waals surface area contributed by atoms with Gasteiger partial charge < -0.3 is 9.64 Å². The number of carbonyl (C=O) groups excluding carboxylic acids is 1. The van der Waals surface area contributed by atoms with Gasteiger partial charge in [-0.3, -0.25) is 4.79 Å². The summed E-state index contributed by atoms with van der Waals surface area (Å²) in [6.45, 7) is 4.52.